The molecule has 1 aliphatic rings. The predicted octanol–water partition coefficient (Wildman–Crippen LogP) is 1.78. The molecule has 1 aromatic rings. The first-order valence-electron chi connectivity index (χ1n) is 6.80. The van der Waals surface area contributed by atoms with E-state index >= 15 is 0 Å². The maximum absolute atomic E-state index is 9.11. The molecule has 98 valence electrons. The zero-order chi connectivity index (χ0) is 13.0. The molecular weight excluding hydrogens is 227 g/mol. The fraction of sp³-hybridized carbons (Fsp3) is 0.571. The van der Waals surface area contributed by atoms with E-state index in [0.29, 0.717) is 11.6 Å². The molecule has 0 heterocycles. The Bertz CT molecular complexity index is 385. The monoisotopic (exact) mass is 248 g/mol. The van der Waals surface area contributed by atoms with E-state index in [2.05, 4.69) is 0 Å². The second-order valence-electron chi connectivity index (χ2n) is 5.13. The summed E-state index contributed by atoms with van der Waals surface area (Å²) in [5, 5.41) is 18.2. The molecule has 1 aliphatic carbocycles. The van der Waals surface area contributed by atoms with Gasteiger partial charge in [0.15, 0.2) is 0 Å². The summed E-state index contributed by atoms with van der Waals surface area (Å²) in [6, 6.07) is 5.33. The van der Waals surface area contributed by atoms with E-state index in [9.17, 15) is 0 Å². The Kier molecular flexibility index (Phi) is 4.67. The van der Waals surface area contributed by atoms with Crippen molar-refractivity contribution < 1.29 is 14.8 Å². The van der Waals surface area contributed by atoms with Crippen molar-refractivity contribution in [2.75, 3.05) is 0 Å². The maximum atomic E-state index is 9.11. The normalized spacial score (nSPS) is 17.3. The van der Waals surface area contributed by atoms with Crippen molar-refractivity contribution in [3.05, 3.63) is 23.8 Å². The first-order chi connectivity index (χ1) is 8.66. The van der Waals surface area contributed by atoms with Gasteiger partial charge in [-0.25, -0.2) is 0 Å². The van der Waals surface area contributed by atoms with Crippen LogP contribution in [-0.4, -0.2) is 23.3 Å². The summed E-state index contributed by atoms with van der Waals surface area (Å²) in [6.07, 6.45) is 7.70. The van der Waals surface area contributed by atoms with Gasteiger partial charge in [-0.05, 0) is 49.7 Å². The Morgan fingerprint density at radius 1 is 1.11 bits per heavy atom. The summed E-state index contributed by atoms with van der Waals surface area (Å²) in [5.41, 5.74) is 1.48. The van der Waals surface area contributed by atoms with Crippen LogP contribution in [0.3, 0.4) is 0 Å². The lowest BCUT2D eigenvalue weighted by Crippen LogP contribution is -2.30. The van der Waals surface area contributed by atoms with E-state index < -0.39 is 7.12 Å². The molecule has 0 amide bonds. The van der Waals surface area contributed by atoms with Gasteiger partial charge < -0.3 is 14.8 Å². The summed E-state index contributed by atoms with van der Waals surface area (Å²) < 4.78 is 6.04. The number of hydrogen-bond acceptors (Lipinski definition) is 3. The van der Waals surface area contributed by atoms with Crippen LogP contribution in [-0.2, 0) is 0 Å². The first-order valence-corrected chi connectivity index (χ1v) is 6.80. The predicted molar refractivity (Wildman–Crippen MR) is 73.1 cm³/mol. The fourth-order valence-corrected chi connectivity index (χ4v) is 2.50. The van der Waals surface area contributed by atoms with Crippen molar-refractivity contribution in [2.45, 2.75) is 51.6 Å². The highest BCUT2D eigenvalue weighted by Crippen LogP contribution is 2.24. The fourth-order valence-electron chi connectivity index (χ4n) is 2.50. The Hall–Kier alpha value is -0.995. The van der Waals surface area contributed by atoms with E-state index in [1.54, 1.807) is 12.1 Å². The van der Waals surface area contributed by atoms with Gasteiger partial charge in [0.2, 0.25) is 0 Å². The van der Waals surface area contributed by atoms with Crippen molar-refractivity contribution in [3.63, 3.8) is 0 Å². The topological polar surface area (TPSA) is 49.7 Å². The molecule has 4 heteroatoms. The minimum Gasteiger partial charge on any atom is -0.490 e. The van der Waals surface area contributed by atoms with Gasteiger partial charge in [0.05, 0.1) is 6.10 Å². The third-order valence-corrected chi connectivity index (χ3v) is 3.59. The molecule has 3 nitrogen and oxygen atoms in total. The van der Waals surface area contributed by atoms with Gasteiger partial charge in [-0.1, -0.05) is 25.0 Å². The van der Waals surface area contributed by atoms with Crippen LogP contribution >= 0.6 is 0 Å². The van der Waals surface area contributed by atoms with Crippen molar-refractivity contribution >= 4 is 12.6 Å². The summed E-state index contributed by atoms with van der Waals surface area (Å²) >= 11 is 0. The molecule has 2 N–H and O–H groups in total. The molecule has 0 saturated heterocycles. The van der Waals surface area contributed by atoms with Gasteiger partial charge in [-0.15, -0.1) is 0 Å². The molecule has 1 aromatic carbocycles. The maximum Gasteiger partial charge on any atom is 0.488 e. The largest absolute Gasteiger partial charge is 0.490 e. The molecule has 1 saturated carbocycles. The third kappa shape index (κ3) is 3.50. The number of benzene rings is 1. The zero-order valence-corrected chi connectivity index (χ0v) is 10.9. The van der Waals surface area contributed by atoms with Gasteiger partial charge in [0.25, 0.3) is 0 Å². The van der Waals surface area contributed by atoms with Crippen molar-refractivity contribution in [1.29, 1.82) is 0 Å². The summed E-state index contributed by atoms with van der Waals surface area (Å²) in [7, 11) is -1.41. The quantitative estimate of drug-likeness (QED) is 0.633. The highest BCUT2D eigenvalue weighted by atomic mass is 16.5. The standard InChI is InChI=1S/C14H21BO3/c1-11-10-12(15(16)17)8-9-14(11)18-13-6-4-2-3-5-7-13/h8-10,13,16-17H,2-7H2,1H3. The number of hydrogen-bond donors (Lipinski definition) is 2. The minimum atomic E-state index is -1.41. The Labute approximate surface area is 109 Å². The van der Waals surface area contributed by atoms with Gasteiger partial charge in [-0.2, -0.15) is 0 Å². The highest BCUT2D eigenvalue weighted by Gasteiger charge is 2.16. The molecule has 0 aromatic heterocycles. The Balaban J connectivity index is 2.04. The van der Waals surface area contributed by atoms with E-state index in [1.165, 1.54) is 25.7 Å². The average Bonchev–Trinajstić information content (AvgIpc) is 2.60. The van der Waals surface area contributed by atoms with Gasteiger partial charge in [0.1, 0.15) is 5.75 Å². The van der Waals surface area contributed by atoms with Crippen LogP contribution in [0.1, 0.15) is 44.1 Å². The van der Waals surface area contributed by atoms with Crippen molar-refractivity contribution in [2.24, 2.45) is 0 Å². The molecule has 0 unspecified atom stereocenters. The van der Waals surface area contributed by atoms with E-state index in [4.69, 9.17) is 14.8 Å². The molecule has 0 aliphatic heterocycles. The highest BCUT2D eigenvalue weighted by molar-refractivity contribution is 6.58. The second-order valence-corrected chi connectivity index (χ2v) is 5.13. The van der Waals surface area contributed by atoms with Crippen LogP contribution < -0.4 is 10.2 Å². The minimum absolute atomic E-state index is 0.316. The second kappa shape index (κ2) is 6.25. The lowest BCUT2D eigenvalue weighted by atomic mass is 9.79. The Morgan fingerprint density at radius 2 is 1.78 bits per heavy atom. The third-order valence-electron chi connectivity index (χ3n) is 3.59. The number of rotatable bonds is 3. The average molecular weight is 248 g/mol. The lowest BCUT2D eigenvalue weighted by Gasteiger charge is -2.19. The zero-order valence-electron chi connectivity index (χ0n) is 10.9. The molecule has 0 spiro atoms. The molecule has 0 atom stereocenters. The molecular formula is C14H21BO3. The number of ether oxygens (including phenoxy) is 1. The molecule has 0 bridgehead atoms. The van der Waals surface area contributed by atoms with Crippen LogP contribution in [0.5, 0.6) is 5.75 Å². The Morgan fingerprint density at radius 3 is 2.33 bits per heavy atom. The molecule has 1 fully saturated rings. The summed E-state index contributed by atoms with van der Waals surface area (Å²) in [6.45, 7) is 1.94. The molecule has 18 heavy (non-hydrogen) atoms. The van der Waals surface area contributed by atoms with Crippen molar-refractivity contribution in [3.8, 4) is 5.75 Å². The molecule has 0 radical (unpaired) electrons. The van der Waals surface area contributed by atoms with Crippen molar-refractivity contribution in [1.82, 2.24) is 0 Å². The molecule has 2 rings (SSSR count). The van der Waals surface area contributed by atoms with Crippen LogP contribution in [0.4, 0.5) is 0 Å². The van der Waals surface area contributed by atoms with Crippen LogP contribution in [0.25, 0.3) is 0 Å². The summed E-state index contributed by atoms with van der Waals surface area (Å²) in [4.78, 5) is 0. The number of aryl methyl sites for hydroxylation is 1. The van der Waals surface area contributed by atoms with Crippen LogP contribution in [0, 0.1) is 6.92 Å². The SMILES string of the molecule is Cc1cc(B(O)O)ccc1OC1CCCCCC1. The van der Waals surface area contributed by atoms with Gasteiger partial charge in [-0.3, -0.25) is 0 Å². The summed E-state index contributed by atoms with van der Waals surface area (Å²) in [5.74, 6) is 0.867. The van der Waals surface area contributed by atoms with Gasteiger partial charge in [0, 0.05) is 0 Å². The van der Waals surface area contributed by atoms with E-state index in [-0.39, 0.29) is 0 Å². The van der Waals surface area contributed by atoms with E-state index in [0.717, 1.165) is 24.2 Å². The first kappa shape index (κ1) is 13.4. The lowest BCUT2D eigenvalue weighted by molar-refractivity contribution is 0.182. The smallest absolute Gasteiger partial charge is 0.488 e. The van der Waals surface area contributed by atoms with Gasteiger partial charge >= 0.3 is 7.12 Å². The van der Waals surface area contributed by atoms with Crippen LogP contribution in [0.2, 0.25) is 0 Å². The van der Waals surface area contributed by atoms with E-state index in [1.807, 2.05) is 13.0 Å². The van der Waals surface area contributed by atoms with Crippen LogP contribution in [0.15, 0.2) is 18.2 Å².